The second-order valence-corrected chi connectivity index (χ2v) is 7.04. The number of rotatable bonds is 3. The fraction of sp³-hybridized carbons (Fsp3) is 0.333. The van der Waals surface area contributed by atoms with Crippen molar-refractivity contribution in [3.63, 3.8) is 0 Å². The summed E-state index contributed by atoms with van der Waals surface area (Å²) in [5.41, 5.74) is 2.21. The average Bonchev–Trinajstić information content (AvgIpc) is 3.09. The molecule has 1 aliphatic heterocycles. The van der Waals surface area contributed by atoms with Crippen molar-refractivity contribution in [2.24, 2.45) is 5.92 Å². The number of hydrogen-bond acceptors (Lipinski definition) is 2. The van der Waals surface area contributed by atoms with Crippen molar-refractivity contribution in [2.45, 2.75) is 26.3 Å². The van der Waals surface area contributed by atoms with E-state index in [9.17, 15) is 4.79 Å². The highest BCUT2D eigenvalue weighted by atomic mass is 16.2. The van der Waals surface area contributed by atoms with Crippen LogP contribution in [-0.4, -0.2) is 33.7 Å². The van der Waals surface area contributed by atoms with Gasteiger partial charge in [0, 0.05) is 24.8 Å². The first kappa shape index (κ1) is 15.9. The Morgan fingerprint density at radius 3 is 2.92 bits per heavy atom. The largest absolute Gasteiger partial charge is 0.341 e. The summed E-state index contributed by atoms with van der Waals surface area (Å²) in [7, 11) is 0. The van der Waals surface area contributed by atoms with Gasteiger partial charge in [-0.3, -0.25) is 9.48 Å². The summed E-state index contributed by atoms with van der Waals surface area (Å²) in [6.07, 6.45) is 6.16. The van der Waals surface area contributed by atoms with Crippen molar-refractivity contribution in [2.75, 3.05) is 13.1 Å². The first-order valence-electron chi connectivity index (χ1n) is 8.99. The van der Waals surface area contributed by atoms with Crippen LogP contribution in [-0.2, 0) is 11.3 Å². The molecule has 128 valence electrons. The number of fused-ring (bicyclic) bond motifs is 1. The van der Waals surface area contributed by atoms with Crippen molar-refractivity contribution in [3.05, 3.63) is 54.9 Å². The third-order valence-electron chi connectivity index (χ3n) is 5.04. The van der Waals surface area contributed by atoms with E-state index >= 15 is 0 Å². The first-order valence-corrected chi connectivity index (χ1v) is 8.99. The molecular weight excluding hydrogens is 310 g/mol. The molecule has 0 spiro atoms. The molecule has 2 heterocycles. The molecule has 0 radical (unpaired) electrons. The van der Waals surface area contributed by atoms with Gasteiger partial charge in [0.15, 0.2) is 0 Å². The van der Waals surface area contributed by atoms with Gasteiger partial charge in [0.25, 0.3) is 0 Å². The van der Waals surface area contributed by atoms with Crippen molar-refractivity contribution in [3.8, 4) is 11.1 Å². The summed E-state index contributed by atoms with van der Waals surface area (Å²) in [5.74, 6) is 0.765. The molecule has 1 atom stereocenters. The molecular formula is C21H23N3O. The monoisotopic (exact) mass is 333 g/mol. The molecule has 3 aromatic rings. The predicted molar refractivity (Wildman–Crippen MR) is 100 cm³/mol. The average molecular weight is 333 g/mol. The van der Waals surface area contributed by atoms with E-state index in [1.54, 1.807) is 4.68 Å². The van der Waals surface area contributed by atoms with E-state index in [0.717, 1.165) is 30.6 Å². The number of aromatic nitrogens is 2. The highest BCUT2D eigenvalue weighted by Crippen LogP contribution is 2.28. The number of carbonyl (C=O) groups is 1. The summed E-state index contributed by atoms with van der Waals surface area (Å²) in [6.45, 7) is 4.28. The van der Waals surface area contributed by atoms with Gasteiger partial charge < -0.3 is 4.90 Å². The number of nitrogens with zero attached hydrogens (tertiary/aromatic N) is 3. The van der Waals surface area contributed by atoms with Crippen LogP contribution in [0, 0.1) is 5.92 Å². The lowest BCUT2D eigenvalue weighted by molar-refractivity contribution is -0.133. The van der Waals surface area contributed by atoms with E-state index < -0.39 is 0 Å². The SMILES string of the molecule is CC1CCCN(C(=O)Cn2cc(-c3cccc4ccccc34)cn2)C1. The normalized spacial score (nSPS) is 17.8. The van der Waals surface area contributed by atoms with E-state index in [2.05, 4.69) is 48.4 Å². The topological polar surface area (TPSA) is 38.1 Å². The molecule has 25 heavy (non-hydrogen) atoms. The minimum absolute atomic E-state index is 0.166. The smallest absolute Gasteiger partial charge is 0.244 e. The lowest BCUT2D eigenvalue weighted by Crippen LogP contribution is -2.40. The number of amides is 1. The highest BCUT2D eigenvalue weighted by molar-refractivity contribution is 5.96. The van der Waals surface area contributed by atoms with Crippen molar-refractivity contribution in [1.82, 2.24) is 14.7 Å². The Morgan fingerprint density at radius 1 is 1.20 bits per heavy atom. The van der Waals surface area contributed by atoms with Gasteiger partial charge in [0.1, 0.15) is 6.54 Å². The summed E-state index contributed by atoms with van der Waals surface area (Å²) >= 11 is 0. The summed E-state index contributed by atoms with van der Waals surface area (Å²) in [4.78, 5) is 14.5. The molecule has 1 aliphatic rings. The standard InChI is InChI=1S/C21H23N3O/c1-16-6-5-11-23(13-16)21(25)15-24-14-18(12-22-24)20-10-4-8-17-7-2-3-9-19(17)20/h2-4,7-10,12,14,16H,5-6,11,13,15H2,1H3. The minimum Gasteiger partial charge on any atom is -0.341 e. The van der Waals surface area contributed by atoms with Crippen LogP contribution in [0.3, 0.4) is 0 Å². The van der Waals surface area contributed by atoms with Crippen molar-refractivity contribution >= 4 is 16.7 Å². The van der Waals surface area contributed by atoms with Gasteiger partial charge in [-0.25, -0.2) is 0 Å². The number of likely N-dealkylation sites (tertiary alicyclic amines) is 1. The molecule has 1 unspecified atom stereocenters. The maximum Gasteiger partial charge on any atom is 0.244 e. The molecule has 2 aromatic carbocycles. The van der Waals surface area contributed by atoms with Gasteiger partial charge in [0.05, 0.1) is 6.20 Å². The Balaban J connectivity index is 1.55. The van der Waals surface area contributed by atoms with Crippen molar-refractivity contribution < 1.29 is 4.79 Å². The molecule has 0 bridgehead atoms. The van der Waals surface area contributed by atoms with Crippen LogP contribution >= 0.6 is 0 Å². The third-order valence-corrected chi connectivity index (χ3v) is 5.04. The lowest BCUT2D eigenvalue weighted by atomic mass is 10.0. The molecule has 0 aliphatic carbocycles. The molecule has 1 aromatic heterocycles. The minimum atomic E-state index is 0.166. The molecule has 4 rings (SSSR count). The number of piperidine rings is 1. The lowest BCUT2D eigenvalue weighted by Gasteiger charge is -2.30. The maximum atomic E-state index is 12.5. The van der Waals surface area contributed by atoms with Gasteiger partial charge in [-0.2, -0.15) is 5.10 Å². The second kappa shape index (κ2) is 6.71. The highest BCUT2D eigenvalue weighted by Gasteiger charge is 2.21. The van der Waals surface area contributed by atoms with Gasteiger partial charge >= 0.3 is 0 Å². The summed E-state index contributed by atoms with van der Waals surface area (Å²) < 4.78 is 1.76. The van der Waals surface area contributed by atoms with Crippen LogP contribution in [0.1, 0.15) is 19.8 Å². The zero-order valence-corrected chi connectivity index (χ0v) is 14.6. The Kier molecular flexibility index (Phi) is 4.26. The van der Waals surface area contributed by atoms with Crippen LogP contribution in [0.2, 0.25) is 0 Å². The van der Waals surface area contributed by atoms with Gasteiger partial charge in [-0.15, -0.1) is 0 Å². The van der Waals surface area contributed by atoms with E-state index in [-0.39, 0.29) is 5.91 Å². The van der Waals surface area contributed by atoms with Crippen LogP contribution in [0.4, 0.5) is 0 Å². The van der Waals surface area contributed by atoms with E-state index in [0.29, 0.717) is 12.5 Å². The third kappa shape index (κ3) is 3.29. The van der Waals surface area contributed by atoms with Crippen molar-refractivity contribution in [1.29, 1.82) is 0 Å². The van der Waals surface area contributed by atoms with Crippen LogP contribution in [0.15, 0.2) is 54.9 Å². The molecule has 1 amide bonds. The maximum absolute atomic E-state index is 12.5. The van der Waals surface area contributed by atoms with Gasteiger partial charge in [-0.1, -0.05) is 49.4 Å². The fourth-order valence-corrected chi connectivity index (χ4v) is 3.72. The first-order chi connectivity index (χ1) is 12.2. The molecule has 1 saturated heterocycles. The summed E-state index contributed by atoms with van der Waals surface area (Å²) in [5, 5.41) is 6.85. The molecule has 4 nitrogen and oxygen atoms in total. The Morgan fingerprint density at radius 2 is 2.04 bits per heavy atom. The Hall–Kier alpha value is -2.62. The molecule has 0 N–H and O–H groups in total. The van der Waals surface area contributed by atoms with Gasteiger partial charge in [0.2, 0.25) is 5.91 Å². The van der Waals surface area contributed by atoms with Crippen LogP contribution in [0.5, 0.6) is 0 Å². The van der Waals surface area contributed by atoms with Crippen LogP contribution in [0.25, 0.3) is 21.9 Å². The van der Waals surface area contributed by atoms with E-state index in [1.165, 1.54) is 17.2 Å². The molecule has 0 saturated carbocycles. The quantitative estimate of drug-likeness (QED) is 0.727. The number of benzene rings is 2. The number of hydrogen-bond donors (Lipinski definition) is 0. The molecule has 4 heteroatoms. The predicted octanol–water partition coefficient (Wildman–Crippen LogP) is 3.96. The second-order valence-electron chi connectivity index (χ2n) is 7.04. The van der Waals surface area contributed by atoms with Crippen LogP contribution < -0.4 is 0 Å². The zero-order chi connectivity index (χ0) is 17.2. The van der Waals surface area contributed by atoms with Gasteiger partial charge in [-0.05, 0) is 35.1 Å². The Bertz CT molecular complexity index is 894. The van der Waals surface area contributed by atoms with E-state index in [1.807, 2.05) is 23.4 Å². The van der Waals surface area contributed by atoms with E-state index in [4.69, 9.17) is 0 Å². The molecule has 1 fully saturated rings. The zero-order valence-electron chi connectivity index (χ0n) is 14.6. The number of carbonyl (C=O) groups excluding carboxylic acids is 1. The summed E-state index contributed by atoms with van der Waals surface area (Å²) in [6, 6.07) is 14.6. The Labute approximate surface area is 148 Å². The fourth-order valence-electron chi connectivity index (χ4n) is 3.72.